The van der Waals surface area contributed by atoms with Crippen LogP contribution in [0.2, 0.25) is 0 Å². The summed E-state index contributed by atoms with van der Waals surface area (Å²) in [6.45, 7) is 2.02. The number of nitrogens with zero attached hydrogens (tertiary/aromatic N) is 1. The van der Waals surface area contributed by atoms with Crippen LogP contribution in [-0.2, 0) is 19.5 Å². The maximum Gasteiger partial charge on any atom is 0.338 e. The van der Waals surface area contributed by atoms with Crippen LogP contribution in [0.25, 0.3) is 0 Å². The Kier molecular flexibility index (Phi) is 7.87. The third-order valence-electron chi connectivity index (χ3n) is 5.29. The molecule has 172 valence electrons. The predicted octanol–water partition coefficient (Wildman–Crippen LogP) is 3.27. The van der Waals surface area contributed by atoms with Gasteiger partial charge in [0.05, 0.1) is 18.2 Å². The van der Waals surface area contributed by atoms with Crippen LogP contribution in [0.5, 0.6) is 5.75 Å². The number of methoxy groups -OCH3 is 1. The molecule has 1 fully saturated rings. The first-order valence-electron chi connectivity index (χ1n) is 10.4. The molecule has 32 heavy (non-hydrogen) atoms. The molecule has 1 aliphatic rings. The monoisotopic (exact) mass is 461 g/mol. The van der Waals surface area contributed by atoms with E-state index in [9.17, 15) is 18.0 Å². The maximum atomic E-state index is 13.3. The lowest BCUT2D eigenvalue weighted by molar-refractivity contribution is 0.0265. The number of rotatable bonds is 8. The smallest absolute Gasteiger partial charge is 0.338 e. The van der Waals surface area contributed by atoms with Crippen molar-refractivity contribution >= 4 is 22.0 Å². The molecule has 0 bridgehead atoms. The van der Waals surface area contributed by atoms with Crippen molar-refractivity contribution in [2.75, 3.05) is 26.9 Å². The zero-order valence-corrected chi connectivity index (χ0v) is 19.0. The fourth-order valence-electron chi connectivity index (χ4n) is 3.57. The molecule has 0 radical (unpaired) electrons. The highest BCUT2D eigenvalue weighted by Gasteiger charge is 2.33. The molecule has 2 aromatic rings. The average Bonchev–Trinajstić information content (AvgIpc) is 2.81. The molecule has 8 nitrogen and oxygen atoms in total. The van der Waals surface area contributed by atoms with Crippen LogP contribution in [0.3, 0.4) is 0 Å². The highest BCUT2D eigenvalue weighted by molar-refractivity contribution is 7.89. The quantitative estimate of drug-likeness (QED) is 0.439. The van der Waals surface area contributed by atoms with E-state index in [0.717, 1.165) is 19.3 Å². The van der Waals surface area contributed by atoms with Gasteiger partial charge in [0, 0.05) is 12.6 Å². The van der Waals surface area contributed by atoms with Crippen LogP contribution >= 0.6 is 0 Å². The van der Waals surface area contributed by atoms with Crippen LogP contribution in [0, 0.1) is 0 Å². The van der Waals surface area contributed by atoms with Gasteiger partial charge in [-0.25, -0.2) is 18.0 Å². The van der Waals surface area contributed by atoms with Gasteiger partial charge in [-0.1, -0.05) is 24.6 Å². The lowest BCUT2D eigenvalue weighted by atomic mass is 10.1. The number of hydrogen-bond acceptors (Lipinski definition) is 7. The van der Waals surface area contributed by atoms with Gasteiger partial charge in [-0.3, -0.25) is 0 Å². The maximum absolute atomic E-state index is 13.3. The molecule has 1 saturated heterocycles. The Balaban J connectivity index is 1.66. The summed E-state index contributed by atoms with van der Waals surface area (Å²) in [5.41, 5.74) is 0.471. The number of esters is 2. The minimum Gasteiger partial charge on any atom is -0.495 e. The van der Waals surface area contributed by atoms with Crippen molar-refractivity contribution in [1.29, 1.82) is 0 Å². The molecular weight excluding hydrogens is 434 g/mol. The standard InChI is InChI=1S/C23H27NO7S/c1-17-8-6-7-13-24(17)32(27,28)21-16-19(11-12-20(21)29-2)23(26)31-15-14-30-22(25)18-9-4-3-5-10-18/h3-5,9-12,16-17H,6-8,13-15H2,1-2H3. The molecule has 1 heterocycles. The van der Waals surface area contributed by atoms with Crippen LogP contribution in [0.15, 0.2) is 53.4 Å². The zero-order chi connectivity index (χ0) is 23.1. The molecule has 0 spiro atoms. The van der Waals surface area contributed by atoms with Crippen molar-refractivity contribution in [2.24, 2.45) is 0 Å². The van der Waals surface area contributed by atoms with Gasteiger partial charge in [0.1, 0.15) is 23.9 Å². The number of hydrogen-bond donors (Lipinski definition) is 0. The first kappa shape index (κ1) is 23.7. The minimum atomic E-state index is -3.85. The Morgan fingerprint density at radius 1 is 0.969 bits per heavy atom. The van der Waals surface area contributed by atoms with Crippen molar-refractivity contribution in [3.63, 3.8) is 0 Å². The second-order valence-corrected chi connectivity index (χ2v) is 9.32. The Morgan fingerprint density at radius 2 is 1.62 bits per heavy atom. The van der Waals surface area contributed by atoms with Crippen molar-refractivity contribution in [1.82, 2.24) is 4.31 Å². The molecule has 0 N–H and O–H groups in total. The Labute approximate surface area is 188 Å². The van der Waals surface area contributed by atoms with E-state index in [4.69, 9.17) is 14.2 Å². The molecule has 1 aliphatic heterocycles. The summed E-state index contributed by atoms with van der Waals surface area (Å²) < 4.78 is 43.5. The molecule has 9 heteroatoms. The van der Waals surface area contributed by atoms with E-state index >= 15 is 0 Å². The SMILES string of the molecule is COc1ccc(C(=O)OCCOC(=O)c2ccccc2)cc1S(=O)(=O)N1CCCCC1C. The number of ether oxygens (including phenoxy) is 3. The molecule has 0 aliphatic carbocycles. The van der Waals surface area contributed by atoms with Gasteiger partial charge in [-0.05, 0) is 50.1 Å². The summed E-state index contributed by atoms with van der Waals surface area (Å²) in [6.07, 6.45) is 2.55. The van der Waals surface area contributed by atoms with E-state index in [2.05, 4.69) is 0 Å². The number of benzene rings is 2. The van der Waals surface area contributed by atoms with Gasteiger partial charge in [-0.15, -0.1) is 0 Å². The van der Waals surface area contributed by atoms with E-state index < -0.39 is 22.0 Å². The zero-order valence-electron chi connectivity index (χ0n) is 18.2. The van der Waals surface area contributed by atoms with E-state index in [1.165, 1.54) is 29.6 Å². The number of carbonyl (C=O) groups excluding carboxylic acids is 2. The van der Waals surface area contributed by atoms with Crippen molar-refractivity contribution in [3.05, 3.63) is 59.7 Å². The highest BCUT2D eigenvalue weighted by atomic mass is 32.2. The van der Waals surface area contributed by atoms with Crippen molar-refractivity contribution < 1.29 is 32.2 Å². The first-order chi connectivity index (χ1) is 15.3. The summed E-state index contributed by atoms with van der Waals surface area (Å²) in [4.78, 5) is 24.3. The van der Waals surface area contributed by atoms with Gasteiger partial charge < -0.3 is 14.2 Å². The molecular formula is C23H27NO7S. The molecule has 1 unspecified atom stereocenters. The van der Waals surface area contributed by atoms with Gasteiger partial charge in [-0.2, -0.15) is 4.31 Å². The normalized spacial score (nSPS) is 16.9. The van der Waals surface area contributed by atoms with Gasteiger partial charge in [0.25, 0.3) is 0 Å². The van der Waals surface area contributed by atoms with Gasteiger partial charge in [0.15, 0.2) is 0 Å². The lowest BCUT2D eigenvalue weighted by Crippen LogP contribution is -2.42. The second kappa shape index (κ2) is 10.6. The fraction of sp³-hybridized carbons (Fsp3) is 0.391. The van der Waals surface area contributed by atoms with Crippen LogP contribution < -0.4 is 4.74 Å². The van der Waals surface area contributed by atoms with Gasteiger partial charge >= 0.3 is 11.9 Å². The average molecular weight is 462 g/mol. The predicted molar refractivity (Wildman–Crippen MR) is 117 cm³/mol. The first-order valence-corrected chi connectivity index (χ1v) is 11.9. The number of sulfonamides is 1. The highest BCUT2D eigenvalue weighted by Crippen LogP contribution is 2.31. The molecule has 0 saturated carbocycles. The Bertz CT molecular complexity index is 1050. The number of carbonyl (C=O) groups is 2. The molecule has 2 aromatic carbocycles. The lowest BCUT2D eigenvalue weighted by Gasteiger charge is -2.32. The van der Waals surface area contributed by atoms with E-state index in [1.807, 2.05) is 6.92 Å². The largest absolute Gasteiger partial charge is 0.495 e. The third kappa shape index (κ3) is 5.46. The van der Waals surface area contributed by atoms with Crippen molar-refractivity contribution in [2.45, 2.75) is 37.1 Å². The summed E-state index contributed by atoms with van der Waals surface area (Å²) in [7, 11) is -2.46. The summed E-state index contributed by atoms with van der Waals surface area (Å²) in [6, 6.07) is 12.5. The minimum absolute atomic E-state index is 0.0706. The topological polar surface area (TPSA) is 99.2 Å². The number of piperidine rings is 1. The Hall–Kier alpha value is -2.91. The van der Waals surface area contributed by atoms with Gasteiger partial charge in [0.2, 0.25) is 10.0 Å². The summed E-state index contributed by atoms with van der Waals surface area (Å²) in [5.74, 6) is -1.07. The molecule has 0 aromatic heterocycles. The van der Waals surface area contributed by atoms with Crippen LogP contribution in [-0.4, -0.2) is 57.6 Å². The van der Waals surface area contributed by atoms with E-state index in [-0.39, 0.29) is 35.5 Å². The van der Waals surface area contributed by atoms with E-state index in [1.54, 1.807) is 30.3 Å². The van der Waals surface area contributed by atoms with Crippen LogP contribution in [0.1, 0.15) is 46.9 Å². The molecule has 1 atom stereocenters. The third-order valence-corrected chi connectivity index (χ3v) is 7.32. The summed E-state index contributed by atoms with van der Waals surface area (Å²) in [5, 5.41) is 0. The fourth-order valence-corrected chi connectivity index (χ4v) is 5.45. The molecule has 0 amide bonds. The second-order valence-electron chi connectivity index (χ2n) is 7.46. The van der Waals surface area contributed by atoms with Crippen LogP contribution in [0.4, 0.5) is 0 Å². The summed E-state index contributed by atoms with van der Waals surface area (Å²) >= 11 is 0. The van der Waals surface area contributed by atoms with Crippen molar-refractivity contribution in [3.8, 4) is 5.75 Å². The van der Waals surface area contributed by atoms with E-state index in [0.29, 0.717) is 12.1 Å². The Morgan fingerprint density at radius 3 is 2.25 bits per heavy atom. The molecule has 3 rings (SSSR count).